The van der Waals surface area contributed by atoms with Crippen molar-refractivity contribution in [1.29, 1.82) is 0 Å². The third-order valence-corrected chi connectivity index (χ3v) is 1.67. The van der Waals surface area contributed by atoms with Crippen molar-refractivity contribution in [3.63, 3.8) is 0 Å². The summed E-state index contributed by atoms with van der Waals surface area (Å²) in [5.41, 5.74) is 0.923. The number of aromatic amines is 1. The van der Waals surface area contributed by atoms with Crippen LogP contribution >= 0.6 is 11.6 Å². The molecule has 0 atom stereocenters. The van der Waals surface area contributed by atoms with Crippen LogP contribution in [-0.2, 0) is 0 Å². The number of hydrogen-bond acceptors (Lipinski definition) is 5. The number of imidazole rings is 1. The molecule has 2 aromatic rings. The van der Waals surface area contributed by atoms with E-state index in [1.165, 1.54) is 6.33 Å². The van der Waals surface area contributed by atoms with Crippen LogP contribution < -0.4 is 5.11 Å². The summed E-state index contributed by atoms with van der Waals surface area (Å²) in [5, 5.41) is 10.2. The Labute approximate surface area is 77.3 Å². The molecule has 0 fully saturated rings. The molecule has 1 N–H and O–H groups in total. The van der Waals surface area contributed by atoms with Crippen LogP contribution in [0.25, 0.3) is 11.2 Å². The minimum atomic E-state index is 0.0135. The minimum absolute atomic E-state index is 0.0135. The Balaban J connectivity index is 2.69. The van der Waals surface area contributed by atoms with E-state index in [1.54, 1.807) is 0 Å². The highest BCUT2D eigenvalue weighted by atomic mass is 35.5. The number of aromatic nitrogens is 4. The highest BCUT2D eigenvalue weighted by molar-refractivity contribution is 6.33. The van der Waals surface area contributed by atoms with E-state index >= 15 is 0 Å². The molecule has 0 spiro atoms. The second-order valence-electron chi connectivity index (χ2n) is 2.15. The van der Waals surface area contributed by atoms with Gasteiger partial charge in [-0.15, -0.1) is 0 Å². The summed E-state index contributed by atoms with van der Waals surface area (Å²) in [6.45, 7) is 0. The maximum Gasteiger partial charge on any atom is 0.251 e. The maximum atomic E-state index is 10.0. The molecular formula is C6H3ClN5O-. The molecule has 0 amide bonds. The molecule has 0 aliphatic heterocycles. The Morgan fingerprint density at radius 3 is 3.15 bits per heavy atom. The Hall–Kier alpha value is -1.69. The molecule has 0 saturated heterocycles. The lowest BCUT2D eigenvalue weighted by atomic mass is 10.5. The Kier molecular flexibility index (Phi) is 1.82. The van der Waals surface area contributed by atoms with Gasteiger partial charge in [0.2, 0.25) is 0 Å². The number of fused-ring (bicyclic) bond motifs is 1. The van der Waals surface area contributed by atoms with Gasteiger partial charge in [-0.05, 0) is 6.40 Å². The number of aliphatic imine (C=N–C) groups is 1. The lowest BCUT2D eigenvalue weighted by Gasteiger charge is -1.95. The highest BCUT2D eigenvalue weighted by Crippen LogP contribution is 2.18. The van der Waals surface area contributed by atoms with Crippen LogP contribution in [0.15, 0.2) is 11.3 Å². The summed E-state index contributed by atoms with van der Waals surface area (Å²) >= 11 is 5.74. The lowest BCUT2D eigenvalue weighted by Crippen LogP contribution is -1.96. The van der Waals surface area contributed by atoms with E-state index in [4.69, 9.17) is 11.6 Å². The van der Waals surface area contributed by atoms with Gasteiger partial charge in [0.1, 0.15) is 5.52 Å². The van der Waals surface area contributed by atoms with Crippen LogP contribution in [0.2, 0.25) is 5.15 Å². The first kappa shape index (κ1) is 7.93. The van der Waals surface area contributed by atoms with E-state index in [9.17, 15) is 5.11 Å². The fraction of sp³-hybridized carbons (Fsp3) is 0. The van der Waals surface area contributed by atoms with Gasteiger partial charge in [0.15, 0.2) is 10.8 Å². The minimum Gasteiger partial charge on any atom is -0.864 e. The average molecular weight is 197 g/mol. The fourth-order valence-electron chi connectivity index (χ4n) is 0.892. The van der Waals surface area contributed by atoms with E-state index in [1.807, 2.05) is 0 Å². The summed E-state index contributed by atoms with van der Waals surface area (Å²) in [4.78, 5) is 17.6. The maximum absolute atomic E-state index is 10.0. The Morgan fingerprint density at radius 2 is 2.38 bits per heavy atom. The van der Waals surface area contributed by atoms with E-state index in [2.05, 4.69) is 24.9 Å². The van der Waals surface area contributed by atoms with Gasteiger partial charge < -0.3 is 10.1 Å². The van der Waals surface area contributed by atoms with Crippen LogP contribution in [0.5, 0.6) is 0 Å². The normalized spacial score (nSPS) is 11.5. The van der Waals surface area contributed by atoms with E-state index in [0.29, 0.717) is 17.6 Å². The molecule has 6 nitrogen and oxygen atoms in total. The predicted octanol–water partition coefficient (Wildman–Crippen LogP) is 0.0264. The van der Waals surface area contributed by atoms with Gasteiger partial charge in [-0.25, -0.2) is 9.98 Å². The largest absolute Gasteiger partial charge is 0.864 e. The second-order valence-corrected chi connectivity index (χ2v) is 2.51. The average Bonchev–Trinajstić information content (AvgIpc) is 2.53. The molecule has 0 aromatic carbocycles. The number of hydrogen-bond donors (Lipinski definition) is 1. The topological polar surface area (TPSA) is 89.9 Å². The Morgan fingerprint density at radius 1 is 1.54 bits per heavy atom. The SMILES string of the molecule is [O-]/C=N\c1nc(Cl)c2[nH]cnc2n1. The van der Waals surface area contributed by atoms with Gasteiger partial charge in [0, 0.05) is 0 Å². The first-order chi connectivity index (χ1) is 6.31. The second kappa shape index (κ2) is 2.98. The third kappa shape index (κ3) is 1.31. The molecule has 13 heavy (non-hydrogen) atoms. The third-order valence-electron chi connectivity index (χ3n) is 1.40. The van der Waals surface area contributed by atoms with E-state index in [-0.39, 0.29) is 11.1 Å². The molecular weight excluding hydrogens is 194 g/mol. The van der Waals surface area contributed by atoms with E-state index < -0.39 is 0 Å². The molecule has 0 aliphatic rings. The number of halogens is 1. The lowest BCUT2D eigenvalue weighted by molar-refractivity contribution is -0.200. The van der Waals surface area contributed by atoms with Crippen molar-refractivity contribution in [1.82, 2.24) is 19.9 Å². The quantitative estimate of drug-likeness (QED) is 0.396. The summed E-state index contributed by atoms with van der Waals surface area (Å²) in [7, 11) is 0. The first-order valence-corrected chi connectivity index (χ1v) is 3.70. The van der Waals surface area contributed by atoms with Gasteiger partial charge in [0.05, 0.1) is 6.33 Å². The molecule has 0 unspecified atom stereocenters. The molecule has 0 aliphatic carbocycles. The zero-order chi connectivity index (χ0) is 9.26. The smallest absolute Gasteiger partial charge is 0.251 e. The van der Waals surface area contributed by atoms with Crippen molar-refractivity contribution in [3.05, 3.63) is 11.5 Å². The van der Waals surface area contributed by atoms with Crippen molar-refractivity contribution < 1.29 is 5.11 Å². The summed E-state index contributed by atoms with van der Waals surface area (Å²) in [5.74, 6) is 0.0135. The first-order valence-electron chi connectivity index (χ1n) is 3.32. The van der Waals surface area contributed by atoms with Crippen molar-refractivity contribution in [2.24, 2.45) is 4.99 Å². The van der Waals surface area contributed by atoms with Gasteiger partial charge in [-0.1, -0.05) is 11.6 Å². The molecule has 2 aromatic heterocycles. The van der Waals surface area contributed by atoms with Crippen LogP contribution in [0.3, 0.4) is 0 Å². The summed E-state index contributed by atoms with van der Waals surface area (Å²) in [6.07, 6.45) is 1.79. The number of nitrogens with one attached hydrogen (secondary N) is 1. The zero-order valence-electron chi connectivity index (χ0n) is 6.23. The van der Waals surface area contributed by atoms with Gasteiger partial charge in [-0.3, -0.25) is 0 Å². The van der Waals surface area contributed by atoms with Crippen molar-refractivity contribution >= 4 is 35.1 Å². The molecule has 7 heteroatoms. The van der Waals surface area contributed by atoms with Gasteiger partial charge in [0.25, 0.3) is 5.95 Å². The predicted molar refractivity (Wildman–Crippen MR) is 44.8 cm³/mol. The number of rotatable bonds is 1. The Bertz CT molecular complexity index is 465. The van der Waals surface area contributed by atoms with Crippen LogP contribution in [0.1, 0.15) is 0 Å². The summed E-state index contributed by atoms with van der Waals surface area (Å²) < 4.78 is 0. The fourth-order valence-corrected chi connectivity index (χ4v) is 1.11. The summed E-state index contributed by atoms with van der Waals surface area (Å²) in [6, 6.07) is 0. The molecule has 2 heterocycles. The van der Waals surface area contributed by atoms with E-state index in [0.717, 1.165) is 0 Å². The highest BCUT2D eigenvalue weighted by Gasteiger charge is 2.05. The molecule has 2 rings (SSSR count). The van der Waals surface area contributed by atoms with Crippen LogP contribution in [-0.4, -0.2) is 26.3 Å². The standard InChI is InChI=1S/C6H4ClN5O/c7-4-3-5(9-1-8-3)12-6(11-4)10-2-13/h1-2H,(H2,8,9,10,11,12,13)/p-1. The van der Waals surface area contributed by atoms with Crippen LogP contribution in [0.4, 0.5) is 5.95 Å². The zero-order valence-corrected chi connectivity index (χ0v) is 6.99. The number of H-pyrrole nitrogens is 1. The molecule has 66 valence electrons. The van der Waals surface area contributed by atoms with Crippen LogP contribution in [0, 0.1) is 0 Å². The van der Waals surface area contributed by atoms with Crippen molar-refractivity contribution in [3.8, 4) is 0 Å². The number of nitrogens with zero attached hydrogens (tertiary/aromatic N) is 4. The van der Waals surface area contributed by atoms with Gasteiger partial charge >= 0.3 is 0 Å². The van der Waals surface area contributed by atoms with Gasteiger partial charge in [-0.2, -0.15) is 9.97 Å². The molecule has 0 radical (unpaired) electrons. The van der Waals surface area contributed by atoms with Crippen molar-refractivity contribution in [2.45, 2.75) is 0 Å². The monoisotopic (exact) mass is 196 g/mol. The molecule has 0 bridgehead atoms. The van der Waals surface area contributed by atoms with Crippen molar-refractivity contribution in [2.75, 3.05) is 0 Å². The molecule has 0 saturated carbocycles.